The molecule has 0 aromatic heterocycles. The Labute approximate surface area is 99.8 Å². The summed E-state index contributed by atoms with van der Waals surface area (Å²) in [6.45, 7) is 2.03. The number of rotatable bonds is 2. The van der Waals surface area contributed by atoms with Crippen molar-refractivity contribution in [3.05, 3.63) is 53.2 Å². The normalized spacial score (nSPS) is 17.5. The van der Waals surface area contributed by atoms with E-state index in [-0.39, 0.29) is 0 Å². The van der Waals surface area contributed by atoms with Crippen molar-refractivity contribution < 1.29 is 9.09 Å². The Morgan fingerprint density at radius 1 is 1.25 bits per heavy atom. The van der Waals surface area contributed by atoms with Crippen LogP contribution in [0, 0.1) is 6.92 Å². The van der Waals surface area contributed by atoms with Gasteiger partial charge in [-0.05, 0) is 6.92 Å². The van der Waals surface area contributed by atoms with Gasteiger partial charge in [0.15, 0.2) is 24.4 Å². The van der Waals surface area contributed by atoms with Crippen LogP contribution in [-0.4, -0.2) is 21.6 Å². The lowest BCUT2D eigenvalue weighted by molar-refractivity contribution is -0.246. The van der Waals surface area contributed by atoms with Gasteiger partial charge in [-0.15, -0.1) is 3.98 Å². The van der Waals surface area contributed by atoms with Crippen molar-refractivity contribution in [2.75, 3.05) is 6.26 Å². The summed E-state index contributed by atoms with van der Waals surface area (Å²) >= 11 is 1.60. The molecule has 0 radical (unpaired) electrons. The topological polar surface area (TPSA) is 23.2 Å². The average Bonchev–Trinajstić information content (AvgIpc) is 2.77. The first-order valence-electron chi connectivity index (χ1n) is 5.06. The van der Waals surface area contributed by atoms with Gasteiger partial charge in [0.05, 0.1) is 5.57 Å². The molecule has 0 spiro atoms. The van der Waals surface area contributed by atoms with Crippen LogP contribution in [0.1, 0.15) is 11.1 Å². The Kier molecular flexibility index (Phi) is 3.15. The van der Waals surface area contributed by atoms with Crippen LogP contribution in [0.4, 0.5) is 0 Å². The number of allylic oxidation sites excluding steroid dienone is 2. The fraction of sp³-hybridized carbons (Fsp3) is 0.154. The highest BCUT2D eigenvalue weighted by molar-refractivity contribution is 7.92. The van der Waals surface area contributed by atoms with Gasteiger partial charge in [-0.25, -0.2) is 0 Å². The van der Waals surface area contributed by atoms with Crippen molar-refractivity contribution in [2.24, 2.45) is 0 Å². The molecular formula is C13H14NOS+. The lowest BCUT2D eigenvalue weighted by Gasteiger charge is -2.01. The van der Waals surface area contributed by atoms with Crippen LogP contribution in [0.25, 0.3) is 5.76 Å². The molecule has 82 valence electrons. The fourth-order valence-electron chi connectivity index (χ4n) is 1.51. The lowest BCUT2D eigenvalue weighted by atomic mass is 10.1. The molecule has 1 N–H and O–H groups in total. The number of nitrogens with zero attached hydrogens (tertiary/aromatic N) is 1. The smallest absolute Gasteiger partial charge is 0.194 e. The van der Waals surface area contributed by atoms with E-state index < -0.39 is 0 Å². The molecule has 0 atom stereocenters. The zero-order chi connectivity index (χ0) is 11.5. The molecule has 1 aromatic rings. The van der Waals surface area contributed by atoms with Crippen molar-refractivity contribution in [3.63, 3.8) is 0 Å². The van der Waals surface area contributed by atoms with E-state index in [0.717, 1.165) is 11.1 Å². The summed E-state index contributed by atoms with van der Waals surface area (Å²) in [5, 5.41) is 10.1. The predicted molar refractivity (Wildman–Crippen MR) is 69.7 cm³/mol. The summed E-state index contributed by atoms with van der Waals surface area (Å²) in [5.74, 6) is 0.327. The third-order valence-corrected chi connectivity index (χ3v) is 3.13. The van der Waals surface area contributed by atoms with Gasteiger partial charge in [-0.3, -0.25) is 0 Å². The molecule has 1 aliphatic heterocycles. The predicted octanol–water partition coefficient (Wildman–Crippen LogP) is 3.15. The third kappa shape index (κ3) is 2.19. The van der Waals surface area contributed by atoms with E-state index in [1.807, 2.05) is 59.9 Å². The van der Waals surface area contributed by atoms with Gasteiger partial charge in [0.1, 0.15) is 5.76 Å². The van der Waals surface area contributed by atoms with Crippen LogP contribution in [0.15, 0.2) is 42.1 Å². The summed E-state index contributed by atoms with van der Waals surface area (Å²) < 4.78 is 1.96. The average molecular weight is 232 g/mol. The first-order chi connectivity index (χ1) is 7.70. The zero-order valence-corrected chi connectivity index (χ0v) is 10.2. The number of hydrogen-bond donors (Lipinski definition) is 1. The van der Waals surface area contributed by atoms with Crippen molar-refractivity contribution >= 4 is 23.9 Å². The van der Waals surface area contributed by atoms with Gasteiger partial charge < -0.3 is 5.11 Å². The minimum atomic E-state index is 0.327. The van der Waals surface area contributed by atoms with Crippen molar-refractivity contribution in [1.82, 2.24) is 0 Å². The molecule has 0 bridgehead atoms. The first-order valence-corrected chi connectivity index (χ1v) is 6.24. The Morgan fingerprint density at radius 2 is 1.94 bits per heavy atom. The molecule has 0 unspecified atom stereocenters. The minimum absolute atomic E-state index is 0.327. The number of aliphatic hydroxyl groups is 1. The van der Waals surface area contributed by atoms with Gasteiger partial charge in [-0.1, -0.05) is 29.8 Å². The fourth-order valence-corrected chi connectivity index (χ4v) is 1.91. The number of aryl methyl sites for hydroxylation is 1. The molecule has 3 heteroatoms. The second-order valence-corrected chi connectivity index (χ2v) is 4.44. The SMILES string of the molecule is CS[N+]1=C/C(=C(/O)c2ccc(C)cc2)C=C1. The molecule has 0 saturated carbocycles. The van der Waals surface area contributed by atoms with Crippen LogP contribution in [0.5, 0.6) is 0 Å². The quantitative estimate of drug-likeness (QED) is 0.481. The summed E-state index contributed by atoms with van der Waals surface area (Å²) in [7, 11) is 0. The molecular weight excluding hydrogens is 218 g/mol. The van der Waals surface area contributed by atoms with Gasteiger partial charge in [0, 0.05) is 17.9 Å². The Hall–Kier alpha value is -1.48. The molecule has 0 fully saturated rings. The maximum atomic E-state index is 10.1. The maximum absolute atomic E-state index is 10.1. The largest absolute Gasteiger partial charge is 0.506 e. The second-order valence-electron chi connectivity index (χ2n) is 3.66. The van der Waals surface area contributed by atoms with Gasteiger partial charge in [-0.2, -0.15) is 0 Å². The van der Waals surface area contributed by atoms with Gasteiger partial charge in [0.2, 0.25) is 0 Å². The second kappa shape index (κ2) is 4.58. The minimum Gasteiger partial charge on any atom is -0.506 e. The summed E-state index contributed by atoms with van der Waals surface area (Å²) in [6, 6.07) is 7.86. The van der Waals surface area contributed by atoms with Gasteiger partial charge >= 0.3 is 0 Å². The molecule has 16 heavy (non-hydrogen) atoms. The highest BCUT2D eigenvalue weighted by Gasteiger charge is 2.14. The van der Waals surface area contributed by atoms with Crippen LogP contribution in [0.2, 0.25) is 0 Å². The standard InChI is InChI=1S/C13H13NOS/c1-10-3-5-11(6-4-10)13(15)12-7-8-14(9-12)16-2/h3-9H,1-2H3/p+1. The molecule has 0 amide bonds. The third-order valence-electron chi connectivity index (χ3n) is 2.48. The molecule has 1 aromatic carbocycles. The van der Waals surface area contributed by atoms with Crippen molar-refractivity contribution in [1.29, 1.82) is 0 Å². The number of benzene rings is 1. The Balaban J connectivity index is 2.36. The molecule has 0 aliphatic carbocycles. The zero-order valence-electron chi connectivity index (χ0n) is 9.34. The van der Waals surface area contributed by atoms with E-state index in [0.29, 0.717) is 5.76 Å². The summed E-state index contributed by atoms with van der Waals surface area (Å²) in [6.07, 6.45) is 7.75. The number of aliphatic hydroxyl groups excluding tert-OH is 1. The monoisotopic (exact) mass is 232 g/mol. The van der Waals surface area contributed by atoms with Crippen LogP contribution in [-0.2, 0) is 0 Å². The van der Waals surface area contributed by atoms with E-state index in [9.17, 15) is 5.11 Å². The van der Waals surface area contributed by atoms with E-state index in [2.05, 4.69) is 0 Å². The highest BCUT2D eigenvalue weighted by atomic mass is 32.2. The molecule has 1 heterocycles. The van der Waals surface area contributed by atoms with Crippen LogP contribution in [0.3, 0.4) is 0 Å². The maximum Gasteiger partial charge on any atom is 0.194 e. The highest BCUT2D eigenvalue weighted by Crippen LogP contribution is 2.19. The Morgan fingerprint density at radius 3 is 2.50 bits per heavy atom. The van der Waals surface area contributed by atoms with Crippen molar-refractivity contribution in [3.8, 4) is 0 Å². The van der Waals surface area contributed by atoms with Crippen LogP contribution < -0.4 is 0 Å². The summed E-state index contributed by atoms with van der Waals surface area (Å²) in [4.78, 5) is 0. The van der Waals surface area contributed by atoms with E-state index in [1.165, 1.54) is 5.56 Å². The number of hydrogen-bond acceptors (Lipinski definition) is 2. The molecule has 2 nitrogen and oxygen atoms in total. The first kappa shape index (κ1) is 11.0. The lowest BCUT2D eigenvalue weighted by Crippen LogP contribution is -1.92. The summed E-state index contributed by atoms with van der Waals surface area (Å²) in [5.41, 5.74) is 2.89. The van der Waals surface area contributed by atoms with E-state index >= 15 is 0 Å². The Bertz CT molecular complexity index is 483. The molecule has 1 aliphatic rings. The van der Waals surface area contributed by atoms with E-state index in [4.69, 9.17) is 0 Å². The van der Waals surface area contributed by atoms with Gasteiger partial charge in [0.25, 0.3) is 0 Å². The van der Waals surface area contributed by atoms with E-state index in [1.54, 1.807) is 11.9 Å². The van der Waals surface area contributed by atoms with Crippen molar-refractivity contribution in [2.45, 2.75) is 6.92 Å². The molecule has 2 rings (SSSR count). The molecule has 0 saturated heterocycles. The van der Waals surface area contributed by atoms with Crippen LogP contribution >= 0.6 is 11.9 Å².